The minimum absolute atomic E-state index is 0.278. The van der Waals surface area contributed by atoms with Crippen molar-refractivity contribution in [2.45, 2.75) is 25.9 Å². The molecule has 0 aliphatic heterocycles. The summed E-state index contributed by atoms with van der Waals surface area (Å²) in [5.41, 5.74) is 1.83. The summed E-state index contributed by atoms with van der Waals surface area (Å²) in [6.07, 6.45) is 4.83. The molecule has 0 saturated carbocycles. The van der Waals surface area contributed by atoms with Crippen LogP contribution in [0.3, 0.4) is 0 Å². The van der Waals surface area contributed by atoms with E-state index in [0.29, 0.717) is 12.5 Å². The van der Waals surface area contributed by atoms with Crippen LogP contribution in [0.5, 0.6) is 0 Å². The number of guanidine groups is 1. The van der Waals surface area contributed by atoms with Crippen LogP contribution in [0.1, 0.15) is 25.1 Å². The lowest BCUT2D eigenvalue weighted by molar-refractivity contribution is 0.0672. The van der Waals surface area contributed by atoms with Crippen molar-refractivity contribution in [2.75, 3.05) is 19.6 Å². The quantitative estimate of drug-likeness (QED) is 0.444. The van der Waals surface area contributed by atoms with E-state index >= 15 is 0 Å². The highest BCUT2D eigenvalue weighted by Gasteiger charge is 2.22. The number of nitrogens with one attached hydrogen (secondary N) is 2. The zero-order valence-electron chi connectivity index (χ0n) is 15.9. The van der Waals surface area contributed by atoms with Gasteiger partial charge >= 0.3 is 0 Å². The highest BCUT2D eigenvalue weighted by atomic mass is 16.3. The number of imidazole rings is 1. The van der Waals surface area contributed by atoms with Gasteiger partial charge in [0.25, 0.3) is 0 Å². The molecule has 2 aromatic heterocycles. The number of hydrogen-bond acceptors (Lipinski definition) is 3. The highest BCUT2D eigenvalue weighted by molar-refractivity contribution is 5.79. The molecular formula is C21H27N5O. The summed E-state index contributed by atoms with van der Waals surface area (Å²) in [6.45, 7) is 5.55. The van der Waals surface area contributed by atoms with E-state index in [1.54, 1.807) is 6.92 Å². The fourth-order valence-corrected chi connectivity index (χ4v) is 2.88. The number of benzene rings is 1. The molecular weight excluding hydrogens is 338 g/mol. The average molecular weight is 365 g/mol. The number of fused-ring (bicyclic) bond motifs is 1. The molecule has 6 nitrogen and oxygen atoms in total. The maximum Gasteiger partial charge on any atom is 0.191 e. The average Bonchev–Trinajstić information content (AvgIpc) is 3.09. The summed E-state index contributed by atoms with van der Waals surface area (Å²) >= 11 is 0. The predicted molar refractivity (Wildman–Crippen MR) is 109 cm³/mol. The number of aliphatic imine (C=N–C) groups is 1. The molecule has 0 aliphatic carbocycles. The van der Waals surface area contributed by atoms with Gasteiger partial charge in [-0.2, -0.15) is 0 Å². The number of aliphatic hydroxyl groups is 1. The van der Waals surface area contributed by atoms with Crippen LogP contribution in [0.25, 0.3) is 5.65 Å². The minimum Gasteiger partial charge on any atom is -0.384 e. The van der Waals surface area contributed by atoms with Gasteiger partial charge in [-0.15, -0.1) is 0 Å². The van der Waals surface area contributed by atoms with Gasteiger partial charge in [-0.25, -0.2) is 9.98 Å². The molecule has 0 bridgehead atoms. The molecule has 1 aromatic carbocycles. The van der Waals surface area contributed by atoms with Crippen molar-refractivity contribution < 1.29 is 5.11 Å². The second-order valence-electron chi connectivity index (χ2n) is 6.71. The van der Waals surface area contributed by atoms with Crippen LogP contribution < -0.4 is 10.6 Å². The normalized spacial score (nSPS) is 14.1. The Kier molecular flexibility index (Phi) is 6.08. The Hall–Kier alpha value is -2.86. The zero-order chi connectivity index (χ0) is 19.1. The van der Waals surface area contributed by atoms with Crippen LogP contribution in [0, 0.1) is 0 Å². The number of hydrogen-bond donors (Lipinski definition) is 3. The minimum atomic E-state index is -1.01. The van der Waals surface area contributed by atoms with Gasteiger partial charge in [-0.05, 0) is 31.5 Å². The van der Waals surface area contributed by atoms with Crippen LogP contribution in [-0.2, 0) is 12.0 Å². The number of rotatable bonds is 7. The molecule has 142 valence electrons. The molecule has 6 heteroatoms. The number of pyridine rings is 1. The Morgan fingerprint density at radius 2 is 1.93 bits per heavy atom. The first-order valence-electron chi connectivity index (χ1n) is 9.31. The fourth-order valence-electron chi connectivity index (χ4n) is 2.88. The SMILES string of the molecule is CCNC(=NCC(C)(O)c1ccccc1)NCCc1cn2ccccc2n1. The molecule has 0 saturated heterocycles. The van der Waals surface area contributed by atoms with Crippen molar-refractivity contribution in [1.29, 1.82) is 0 Å². The first kappa shape index (κ1) is 18.9. The van der Waals surface area contributed by atoms with Crippen molar-refractivity contribution in [3.05, 3.63) is 72.2 Å². The Balaban J connectivity index is 1.58. The van der Waals surface area contributed by atoms with E-state index in [-0.39, 0.29) is 6.54 Å². The van der Waals surface area contributed by atoms with E-state index in [0.717, 1.165) is 29.9 Å². The van der Waals surface area contributed by atoms with Gasteiger partial charge in [0.15, 0.2) is 5.96 Å². The van der Waals surface area contributed by atoms with Crippen LogP contribution in [-0.4, -0.2) is 40.1 Å². The molecule has 0 aliphatic rings. The molecule has 0 radical (unpaired) electrons. The lowest BCUT2D eigenvalue weighted by atomic mass is 9.96. The van der Waals surface area contributed by atoms with E-state index in [2.05, 4.69) is 20.6 Å². The van der Waals surface area contributed by atoms with Gasteiger partial charge in [-0.3, -0.25) is 0 Å². The van der Waals surface area contributed by atoms with Gasteiger partial charge in [0, 0.05) is 31.9 Å². The molecule has 3 rings (SSSR count). The molecule has 0 spiro atoms. The smallest absolute Gasteiger partial charge is 0.191 e. The number of nitrogens with zero attached hydrogens (tertiary/aromatic N) is 3. The molecule has 0 amide bonds. The highest BCUT2D eigenvalue weighted by Crippen LogP contribution is 2.20. The maximum atomic E-state index is 10.7. The van der Waals surface area contributed by atoms with Gasteiger partial charge in [0.1, 0.15) is 11.2 Å². The molecule has 3 aromatic rings. The molecule has 3 N–H and O–H groups in total. The van der Waals surface area contributed by atoms with E-state index in [1.807, 2.05) is 72.2 Å². The van der Waals surface area contributed by atoms with Crippen LogP contribution >= 0.6 is 0 Å². The van der Waals surface area contributed by atoms with Crippen molar-refractivity contribution >= 4 is 11.6 Å². The topological polar surface area (TPSA) is 74.0 Å². The Labute approximate surface area is 160 Å². The number of aromatic nitrogens is 2. The van der Waals surface area contributed by atoms with Crippen molar-refractivity contribution in [3.8, 4) is 0 Å². The van der Waals surface area contributed by atoms with Crippen LogP contribution in [0.15, 0.2) is 65.9 Å². The first-order chi connectivity index (χ1) is 13.1. The summed E-state index contributed by atoms with van der Waals surface area (Å²) in [5, 5.41) is 17.2. The summed E-state index contributed by atoms with van der Waals surface area (Å²) in [6, 6.07) is 15.6. The van der Waals surface area contributed by atoms with Gasteiger partial charge in [0.05, 0.1) is 12.2 Å². The third-order valence-electron chi connectivity index (χ3n) is 4.37. The molecule has 1 atom stereocenters. The van der Waals surface area contributed by atoms with E-state index < -0.39 is 5.60 Å². The zero-order valence-corrected chi connectivity index (χ0v) is 15.9. The molecule has 2 heterocycles. The molecule has 1 unspecified atom stereocenters. The standard InChI is InChI=1S/C21H27N5O/c1-3-22-20(24-16-21(2,27)17-9-5-4-6-10-17)23-13-12-18-15-26-14-8-7-11-19(26)25-18/h4-11,14-15,27H,3,12-13,16H2,1-2H3,(H2,22,23,24). The Bertz CT molecular complexity index is 853. The van der Waals surface area contributed by atoms with Gasteiger partial charge < -0.3 is 20.1 Å². The van der Waals surface area contributed by atoms with Crippen molar-refractivity contribution in [3.63, 3.8) is 0 Å². The van der Waals surface area contributed by atoms with Crippen LogP contribution in [0.4, 0.5) is 0 Å². The second-order valence-corrected chi connectivity index (χ2v) is 6.71. The third kappa shape index (κ3) is 5.08. The van der Waals surface area contributed by atoms with Gasteiger partial charge in [0.2, 0.25) is 0 Å². The summed E-state index contributed by atoms with van der Waals surface area (Å²) in [5.74, 6) is 0.692. The van der Waals surface area contributed by atoms with Crippen molar-refractivity contribution in [1.82, 2.24) is 20.0 Å². The second kappa shape index (κ2) is 8.68. The summed E-state index contributed by atoms with van der Waals surface area (Å²) in [4.78, 5) is 9.16. The lowest BCUT2D eigenvalue weighted by Gasteiger charge is -2.22. The Morgan fingerprint density at radius 1 is 1.15 bits per heavy atom. The van der Waals surface area contributed by atoms with Crippen molar-refractivity contribution in [2.24, 2.45) is 4.99 Å². The largest absolute Gasteiger partial charge is 0.384 e. The fraction of sp³-hybridized carbons (Fsp3) is 0.333. The Morgan fingerprint density at radius 3 is 2.67 bits per heavy atom. The third-order valence-corrected chi connectivity index (χ3v) is 4.37. The molecule has 27 heavy (non-hydrogen) atoms. The first-order valence-corrected chi connectivity index (χ1v) is 9.31. The predicted octanol–water partition coefficient (Wildman–Crippen LogP) is 2.34. The van der Waals surface area contributed by atoms with E-state index in [1.165, 1.54) is 0 Å². The van der Waals surface area contributed by atoms with Crippen LogP contribution in [0.2, 0.25) is 0 Å². The maximum absolute atomic E-state index is 10.7. The molecule has 0 fully saturated rings. The summed E-state index contributed by atoms with van der Waals surface area (Å²) in [7, 11) is 0. The van der Waals surface area contributed by atoms with E-state index in [4.69, 9.17) is 0 Å². The van der Waals surface area contributed by atoms with E-state index in [9.17, 15) is 5.11 Å². The monoisotopic (exact) mass is 365 g/mol. The summed E-state index contributed by atoms with van der Waals surface area (Å²) < 4.78 is 2.02. The lowest BCUT2D eigenvalue weighted by Crippen LogP contribution is -2.39. The van der Waals surface area contributed by atoms with Gasteiger partial charge in [-0.1, -0.05) is 36.4 Å².